The first-order valence-electron chi connectivity index (χ1n) is 10.4. The van der Waals surface area contributed by atoms with Crippen molar-refractivity contribution in [1.82, 2.24) is 0 Å². The summed E-state index contributed by atoms with van der Waals surface area (Å²) >= 11 is 0. The van der Waals surface area contributed by atoms with Gasteiger partial charge in [-0.15, -0.1) is 0 Å². The standard InChI is InChI=1S/C23H30O5/c1-13(25)27-16-4-5-17-18-8-9-23(3)21(6-7-22(23)28-14(2)26)20(18)10-15(12-24)19(17)11-16/h4-5,11,15,18,20-22,24H,6-10,12H2,1-3H3/t15-,18+,20?,21-,22?,23-/m0/s1. The van der Waals surface area contributed by atoms with Gasteiger partial charge in [0.15, 0.2) is 0 Å². The molecule has 0 bridgehead atoms. The van der Waals surface area contributed by atoms with Gasteiger partial charge in [0.2, 0.25) is 0 Å². The second-order valence-electron chi connectivity index (χ2n) is 9.10. The summed E-state index contributed by atoms with van der Waals surface area (Å²) in [5.74, 6) is 1.55. The van der Waals surface area contributed by atoms with Gasteiger partial charge in [0.05, 0.1) is 0 Å². The van der Waals surface area contributed by atoms with Gasteiger partial charge in [0, 0.05) is 31.8 Å². The number of aliphatic hydroxyl groups is 1. The molecule has 6 atom stereocenters. The van der Waals surface area contributed by atoms with Crippen LogP contribution in [0.4, 0.5) is 0 Å². The first kappa shape index (κ1) is 19.4. The number of esters is 2. The smallest absolute Gasteiger partial charge is 0.308 e. The maximum absolute atomic E-state index is 11.6. The van der Waals surface area contributed by atoms with Gasteiger partial charge < -0.3 is 14.6 Å². The van der Waals surface area contributed by atoms with Crippen LogP contribution in [-0.4, -0.2) is 29.8 Å². The second kappa shape index (κ2) is 7.18. The largest absolute Gasteiger partial charge is 0.462 e. The highest BCUT2D eigenvalue weighted by Gasteiger charge is 2.56. The van der Waals surface area contributed by atoms with Crippen molar-refractivity contribution in [1.29, 1.82) is 0 Å². The highest BCUT2D eigenvalue weighted by molar-refractivity contribution is 5.69. The van der Waals surface area contributed by atoms with Crippen LogP contribution in [0.1, 0.15) is 75.8 Å². The molecule has 0 radical (unpaired) electrons. The molecule has 28 heavy (non-hydrogen) atoms. The van der Waals surface area contributed by atoms with Crippen LogP contribution in [0.3, 0.4) is 0 Å². The summed E-state index contributed by atoms with van der Waals surface area (Å²) in [5.41, 5.74) is 2.45. The number of carbonyl (C=O) groups excluding carboxylic acids is 2. The van der Waals surface area contributed by atoms with Gasteiger partial charge in [0.1, 0.15) is 11.9 Å². The Morgan fingerprint density at radius 2 is 1.93 bits per heavy atom. The second-order valence-corrected chi connectivity index (χ2v) is 9.10. The van der Waals surface area contributed by atoms with Crippen molar-refractivity contribution in [2.45, 2.75) is 70.8 Å². The van der Waals surface area contributed by atoms with E-state index in [9.17, 15) is 14.7 Å². The van der Waals surface area contributed by atoms with Gasteiger partial charge in [0.25, 0.3) is 0 Å². The monoisotopic (exact) mass is 386 g/mol. The molecule has 4 rings (SSSR count). The third-order valence-corrected chi connectivity index (χ3v) is 7.59. The molecule has 0 aromatic heterocycles. The molecule has 2 fully saturated rings. The molecule has 0 saturated heterocycles. The van der Waals surface area contributed by atoms with E-state index in [0.29, 0.717) is 23.5 Å². The molecule has 2 saturated carbocycles. The third kappa shape index (κ3) is 3.14. The Morgan fingerprint density at radius 1 is 1.14 bits per heavy atom. The average molecular weight is 386 g/mol. The van der Waals surface area contributed by atoms with Gasteiger partial charge >= 0.3 is 11.9 Å². The van der Waals surface area contributed by atoms with Crippen LogP contribution in [-0.2, 0) is 14.3 Å². The SMILES string of the molecule is CC(=O)Oc1ccc2c(c1)[C@H](CO)CC1[C@@H]2CC[C@]2(C)C(OC(C)=O)CC[C@@H]12. The summed E-state index contributed by atoms with van der Waals surface area (Å²) in [6, 6.07) is 5.91. The van der Waals surface area contributed by atoms with Crippen molar-refractivity contribution in [3.63, 3.8) is 0 Å². The Morgan fingerprint density at radius 3 is 2.61 bits per heavy atom. The van der Waals surface area contributed by atoms with Crippen molar-refractivity contribution >= 4 is 11.9 Å². The summed E-state index contributed by atoms with van der Waals surface area (Å²) in [6.07, 6.45) is 5.07. The van der Waals surface area contributed by atoms with E-state index < -0.39 is 0 Å². The summed E-state index contributed by atoms with van der Waals surface area (Å²) in [5, 5.41) is 10.1. The Hall–Kier alpha value is -1.88. The lowest BCUT2D eigenvalue weighted by molar-refractivity contribution is -0.154. The van der Waals surface area contributed by atoms with E-state index in [1.165, 1.54) is 19.4 Å². The van der Waals surface area contributed by atoms with E-state index in [0.717, 1.165) is 37.7 Å². The summed E-state index contributed by atoms with van der Waals surface area (Å²) in [7, 11) is 0. The summed E-state index contributed by atoms with van der Waals surface area (Å²) in [6.45, 7) is 5.29. The van der Waals surface area contributed by atoms with Gasteiger partial charge in [-0.25, -0.2) is 0 Å². The van der Waals surface area contributed by atoms with Crippen molar-refractivity contribution in [2.75, 3.05) is 6.61 Å². The Balaban J connectivity index is 1.65. The Kier molecular flexibility index (Phi) is 4.98. The molecule has 2 unspecified atom stereocenters. The molecule has 3 aliphatic carbocycles. The van der Waals surface area contributed by atoms with Crippen molar-refractivity contribution in [3.8, 4) is 5.75 Å². The quantitative estimate of drug-likeness (QED) is 0.629. The Bertz CT molecular complexity index is 787. The molecule has 152 valence electrons. The van der Waals surface area contributed by atoms with Gasteiger partial charge in [-0.1, -0.05) is 13.0 Å². The van der Waals surface area contributed by atoms with Crippen molar-refractivity contribution in [2.24, 2.45) is 17.3 Å². The number of hydrogen-bond donors (Lipinski definition) is 1. The highest BCUT2D eigenvalue weighted by Crippen LogP contribution is 2.63. The number of fused-ring (bicyclic) bond motifs is 5. The summed E-state index contributed by atoms with van der Waals surface area (Å²) in [4.78, 5) is 22.9. The number of hydrogen-bond acceptors (Lipinski definition) is 5. The molecule has 1 aromatic carbocycles. The van der Waals surface area contributed by atoms with Crippen LogP contribution in [0.15, 0.2) is 18.2 Å². The lowest BCUT2D eigenvalue weighted by Gasteiger charge is -2.51. The molecule has 3 aliphatic rings. The van der Waals surface area contributed by atoms with Gasteiger partial charge in [-0.05, 0) is 73.1 Å². The fraction of sp³-hybridized carbons (Fsp3) is 0.652. The van der Waals surface area contributed by atoms with Gasteiger partial charge in [-0.2, -0.15) is 0 Å². The molecule has 0 amide bonds. The predicted molar refractivity (Wildman–Crippen MR) is 104 cm³/mol. The molecule has 0 heterocycles. The Labute approximate surface area is 166 Å². The molecule has 5 heteroatoms. The number of rotatable bonds is 3. The topological polar surface area (TPSA) is 72.8 Å². The van der Waals surface area contributed by atoms with E-state index in [2.05, 4.69) is 13.0 Å². The van der Waals surface area contributed by atoms with E-state index in [4.69, 9.17) is 9.47 Å². The predicted octanol–water partition coefficient (Wildman–Crippen LogP) is 3.93. The molecule has 1 N–H and O–H groups in total. The number of aliphatic hydroxyl groups excluding tert-OH is 1. The van der Waals surface area contributed by atoms with E-state index >= 15 is 0 Å². The summed E-state index contributed by atoms with van der Waals surface area (Å²) < 4.78 is 11.0. The van der Waals surface area contributed by atoms with Crippen LogP contribution in [0.2, 0.25) is 0 Å². The van der Waals surface area contributed by atoms with Crippen LogP contribution in [0.5, 0.6) is 5.75 Å². The first-order chi connectivity index (χ1) is 13.3. The minimum Gasteiger partial charge on any atom is -0.462 e. The molecular weight excluding hydrogens is 356 g/mol. The minimum absolute atomic E-state index is 0.0104. The number of benzene rings is 1. The lowest BCUT2D eigenvalue weighted by atomic mass is 9.54. The maximum atomic E-state index is 11.6. The average Bonchev–Trinajstić information content (AvgIpc) is 2.96. The fourth-order valence-electron chi connectivity index (χ4n) is 6.45. The molecule has 1 aromatic rings. The number of ether oxygens (including phenoxy) is 2. The van der Waals surface area contributed by atoms with Crippen molar-refractivity contribution in [3.05, 3.63) is 29.3 Å². The van der Waals surface area contributed by atoms with Crippen LogP contribution in [0.25, 0.3) is 0 Å². The van der Waals surface area contributed by atoms with Gasteiger partial charge in [-0.3, -0.25) is 9.59 Å². The molecule has 0 aliphatic heterocycles. The van der Waals surface area contributed by atoms with E-state index in [1.807, 2.05) is 12.1 Å². The van der Waals surface area contributed by atoms with E-state index in [-0.39, 0.29) is 36.0 Å². The van der Waals surface area contributed by atoms with Crippen molar-refractivity contribution < 1.29 is 24.2 Å². The van der Waals surface area contributed by atoms with E-state index in [1.54, 1.807) is 0 Å². The first-order valence-corrected chi connectivity index (χ1v) is 10.4. The number of carbonyl (C=O) groups is 2. The zero-order valence-corrected chi connectivity index (χ0v) is 16.9. The lowest BCUT2D eigenvalue weighted by Crippen LogP contribution is -2.45. The zero-order chi connectivity index (χ0) is 20.1. The minimum atomic E-state index is -0.329. The normalized spacial score (nSPS) is 36.1. The van der Waals surface area contributed by atoms with Crippen LogP contribution in [0, 0.1) is 17.3 Å². The highest BCUT2D eigenvalue weighted by atomic mass is 16.5. The zero-order valence-electron chi connectivity index (χ0n) is 16.9. The third-order valence-electron chi connectivity index (χ3n) is 7.59. The molecule has 5 nitrogen and oxygen atoms in total. The molecular formula is C23H30O5. The van der Waals surface area contributed by atoms with Crippen LogP contribution < -0.4 is 4.74 Å². The fourth-order valence-corrected chi connectivity index (χ4v) is 6.45. The van der Waals surface area contributed by atoms with Crippen LogP contribution >= 0.6 is 0 Å². The maximum Gasteiger partial charge on any atom is 0.308 e. The molecule has 0 spiro atoms.